The summed E-state index contributed by atoms with van der Waals surface area (Å²) in [6, 6.07) is 9.63. The fourth-order valence-electron chi connectivity index (χ4n) is 0.947. The number of hydrogen-bond donors (Lipinski definition) is 0. The van der Waals surface area contributed by atoms with E-state index in [2.05, 4.69) is 9.97 Å². The summed E-state index contributed by atoms with van der Waals surface area (Å²) in [6.45, 7) is 0. The van der Waals surface area contributed by atoms with Crippen molar-refractivity contribution in [3.8, 4) is 11.8 Å². The second kappa shape index (κ2) is 4.07. The van der Waals surface area contributed by atoms with Gasteiger partial charge in [-0.1, -0.05) is 29.8 Å². The summed E-state index contributed by atoms with van der Waals surface area (Å²) in [5.74, 6) is 0.704. The summed E-state index contributed by atoms with van der Waals surface area (Å²) in [5.41, 5.74) is 0. The van der Waals surface area contributed by atoms with Gasteiger partial charge >= 0.3 is 6.01 Å². The molecule has 2 aromatic rings. The molecular weight excluding hydrogens is 200 g/mol. The fourth-order valence-corrected chi connectivity index (χ4v) is 1.04. The molecule has 0 amide bonds. The van der Waals surface area contributed by atoms with Crippen LogP contribution in [-0.4, -0.2) is 9.97 Å². The third-order valence-electron chi connectivity index (χ3n) is 1.55. The van der Waals surface area contributed by atoms with Crippen LogP contribution in [0.1, 0.15) is 0 Å². The molecule has 0 aliphatic rings. The van der Waals surface area contributed by atoms with Gasteiger partial charge in [-0.3, -0.25) is 0 Å². The molecule has 0 bridgehead atoms. The van der Waals surface area contributed by atoms with Crippen LogP contribution in [0.25, 0.3) is 0 Å². The van der Waals surface area contributed by atoms with E-state index in [1.54, 1.807) is 0 Å². The molecule has 0 atom stereocenters. The van der Waals surface area contributed by atoms with Gasteiger partial charge in [0.15, 0.2) is 0 Å². The van der Waals surface area contributed by atoms with Gasteiger partial charge in [0.1, 0.15) is 5.75 Å². The highest BCUT2D eigenvalue weighted by Crippen LogP contribution is 2.16. The number of rotatable bonds is 2. The number of halogens is 1. The summed E-state index contributed by atoms with van der Waals surface area (Å²) in [7, 11) is 0. The standard InChI is InChI=1S/C10H7ClN2O/c11-8-6-12-10(13-7-8)14-9-4-2-1-3-5-9/h1-7H. The van der Waals surface area contributed by atoms with E-state index in [1.165, 1.54) is 12.4 Å². The van der Waals surface area contributed by atoms with Crippen molar-refractivity contribution in [1.29, 1.82) is 0 Å². The first-order valence-electron chi connectivity index (χ1n) is 4.05. The molecule has 0 aliphatic heterocycles. The first kappa shape index (κ1) is 8.97. The zero-order valence-corrected chi connectivity index (χ0v) is 7.98. The number of para-hydroxylation sites is 1. The second-order valence-electron chi connectivity index (χ2n) is 2.60. The van der Waals surface area contributed by atoms with Crippen molar-refractivity contribution < 1.29 is 4.74 Å². The highest BCUT2D eigenvalue weighted by atomic mass is 35.5. The molecule has 1 heterocycles. The van der Waals surface area contributed by atoms with Crippen molar-refractivity contribution in [3.05, 3.63) is 47.7 Å². The number of nitrogens with zero attached hydrogens (tertiary/aromatic N) is 2. The normalized spacial score (nSPS) is 9.79. The maximum atomic E-state index is 5.63. The molecule has 14 heavy (non-hydrogen) atoms. The van der Waals surface area contributed by atoms with E-state index >= 15 is 0 Å². The smallest absolute Gasteiger partial charge is 0.321 e. The minimum atomic E-state index is 0.292. The molecule has 70 valence electrons. The summed E-state index contributed by atoms with van der Waals surface area (Å²) >= 11 is 5.63. The lowest BCUT2D eigenvalue weighted by molar-refractivity contribution is 0.442. The summed E-state index contributed by atoms with van der Waals surface area (Å²) in [5, 5.41) is 0.491. The Morgan fingerprint density at radius 1 is 1.00 bits per heavy atom. The van der Waals surface area contributed by atoms with Crippen molar-refractivity contribution in [2.75, 3.05) is 0 Å². The Labute approximate surface area is 86.3 Å². The van der Waals surface area contributed by atoms with Gasteiger partial charge in [0.25, 0.3) is 0 Å². The van der Waals surface area contributed by atoms with E-state index in [-0.39, 0.29) is 0 Å². The molecule has 0 saturated heterocycles. The molecule has 3 nitrogen and oxygen atoms in total. The Balaban J connectivity index is 2.16. The van der Waals surface area contributed by atoms with Crippen LogP contribution in [0.4, 0.5) is 0 Å². The highest BCUT2D eigenvalue weighted by molar-refractivity contribution is 6.30. The van der Waals surface area contributed by atoms with Crippen molar-refractivity contribution in [3.63, 3.8) is 0 Å². The lowest BCUT2D eigenvalue weighted by Gasteiger charge is -2.01. The minimum Gasteiger partial charge on any atom is -0.424 e. The van der Waals surface area contributed by atoms with Crippen molar-refractivity contribution in [2.45, 2.75) is 0 Å². The van der Waals surface area contributed by atoms with Crippen molar-refractivity contribution >= 4 is 11.6 Å². The van der Waals surface area contributed by atoms with Gasteiger partial charge in [-0.05, 0) is 12.1 Å². The molecular formula is C10H7ClN2O. The van der Waals surface area contributed by atoms with Crippen LogP contribution in [0.15, 0.2) is 42.7 Å². The zero-order chi connectivity index (χ0) is 9.80. The number of hydrogen-bond acceptors (Lipinski definition) is 3. The number of aromatic nitrogens is 2. The number of benzene rings is 1. The van der Waals surface area contributed by atoms with E-state index in [1.807, 2.05) is 30.3 Å². The van der Waals surface area contributed by atoms with Gasteiger partial charge in [-0.2, -0.15) is 0 Å². The fraction of sp³-hybridized carbons (Fsp3) is 0. The lowest BCUT2D eigenvalue weighted by Crippen LogP contribution is -1.89. The zero-order valence-electron chi connectivity index (χ0n) is 7.22. The summed E-state index contributed by atoms with van der Waals surface area (Å²) < 4.78 is 5.35. The molecule has 4 heteroatoms. The Morgan fingerprint density at radius 3 is 2.29 bits per heavy atom. The van der Waals surface area contributed by atoms with E-state index in [0.717, 1.165) is 0 Å². The third kappa shape index (κ3) is 2.20. The van der Waals surface area contributed by atoms with Crippen LogP contribution in [0.2, 0.25) is 5.02 Å². The molecule has 1 aromatic heterocycles. The monoisotopic (exact) mass is 206 g/mol. The first-order chi connectivity index (χ1) is 6.84. The Hall–Kier alpha value is -1.61. The van der Waals surface area contributed by atoms with E-state index < -0.39 is 0 Å². The van der Waals surface area contributed by atoms with E-state index in [4.69, 9.17) is 16.3 Å². The van der Waals surface area contributed by atoms with Gasteiger partial charge in [0.2, 0.25) is 0 Å². The lowest BCUT2D eigenvalue weighted by atomic mass is 10.3. The van der Waals surface area contributed by atoms with E-state index in [0.29, 0.717) is 16.8 Å². The Kier molecular flexibility index (Phi) is 2.60. The Bertz CT molecular complexity index is 402. The number of ether oxygens (including phenoxy) is 1. The van der Waals surface area contributed by atoms with Gasteiger partial charge in [0.05, 0.1) is 17.4 Å². The molecule has 0 fully saturated rings. The van der Waals surface area contributed by atoms with Crippen LogP contribution in [-0.2, 0) is 0 Å². The highest BCUT2D eigenvalue weighted by Gasteiger charge is 1.98. The minimum absolute atomic E-state index is 0.292. The molecule has 0 spiro atoms. The second-order valence-corrected chi connectivity index (χ2v) is 3.04. The maximum Gasteiger partial charge on any atom is 0.321 e. The van der Waals surface area contributed by atoms with Gasteiger partial charge in [-0.25, -0.2) is 9.97 Å². The molecule has 0 radical (unpaired) electrons. The SMILES string of the molecule is Clc1cnc(Oc2ccccc2)nc1. The summed E-state index contributed by atoms with van der Waals surface area (Å²) in [4.78, 5) is 7.82. The van der Waals surface area contributed by atoms with Crippen LogP contribution in [0, 0.1) is 0 Å². The van der Waals surface area contributed by atoms with Crippen LogP contribution in [0.5, 0.6) is 11.8 Å². The average Bonchev–Trinajstić information content (AvgIpc) is 2.23. The molecule has 0 unspecified atom stereocenters. The molecule has 0 aliphatic carbocycles. The van der Waals surface area contributed by atoms with Crippen LogP contribution >= 0.6 is 11.6 Å². The van der Waals surface area contributed by atoms with Gasteiger partial charge < -0.3 is 4.74 Å². The maximum absolute atomic E-state index is 5.63. The molecule has 2 rings (SSSR count). The molecule has 0 N–H and O–H groups in total. The molecule has 1 aromatic carbocycles. The Morgan fingerprint density at radius 2 is 1.64 bits per heavy atom. The largest absolute Gasteiger partial charge is 0.424 e. The van der Waals surface area contributed by atoms with Crippen LogP contribution < -0.4 is 4.74 Å². The van der Waals surface area contributed by atoms with Gasteiger partial charge in [-0.15, -0.1) is 0 Å². The van der Waals surface area contributed by atoms with Crippen molar-refractivity contribution in [1.82, 2.24) is 9.97 Å². The first-order valence-corrected chi connectivity index (χ1v) is 4.43. The molecule has 0 saturated carbocycles. The van der Waals surface area contributed by atoms with Crippen molar-refractivity contribution in [2.24, 2.45) is 0 Å². The predicted molar refractivity (Wildman–Crippen MR) is 53.6 cm³/mol. The quantitative estimate of drug-likeness (QED) is 0.758. The van der Waals surface area contributed by atoms with E-state index in [9.17, 15) is 0 Å². The average molecular weight is 207 g/mol. The van der Waals surface area contributed by atoms with Crippen LogP contribution in [0.3, 0.4) is 0 Å². The van der Waals surface area contributed by atoms with Gasteiger partial charge in [0, 0.05) is 0 Å². The summed E-state index contributed by atoms with van der Waals surface area (Å²) in [6.07, 6.45) is 2.99. The topological polar surface area (TPSA) is 35.0 Å². The predicted octanol–water partition coefficient (Wildman–Crippen LogP) is 2.92. The third-order valence-corrected chi connectivity index (χ3v) is 1.74.